The SMILES string of the molecule is C=C(C)c1cccc([N+](=O)[O-])c1S. The summed E-state index contributed by atoms with van der Waals surface area (Å²) in [6, 6.07) is 4.81. The third-order valence-electron chi connectivity index (χ3n) is 1.67. The number of nitro groups is 1. The van der Waals surface area contributed by atoms with Crippen LogP contribution in [0.3, 0.4) is 0 Å². The molecule has 0 saturated heterocycles. The molecule has 0 aromatic heterocycles. The Bertz CT molecular complexity index is 342. The minimum atomic E-state index is -0.450. The molecule has 0 unspecified atom stereocenters. The summed E-state index contributed by atoms with van der Waals surface area (Å²) in [6.07, 6.45) is 0. The van der Waals surface area contributed by atoms with Gasteiger partial charge in [-0.15, -0.1) is 12.6 Å². The van der Waals surface area contributed by atoms with Crippen molar-refractivity contribution < 1.29 is 4.92 Å². The predicted molar refractivity (Wildman–Crippen MR) is 55.1 cm³/mol. The average molecular weight is 195 g/mol. The lowest BCUT2D eigenvalue weighted by Crippen LogP contribution is -1.92. The van der Waals surface area contributed by atoms with E-state index in [1.807, 2.05) is 0 Å². The first kappa shape index (κ1) is 9.80. The fraction of sp³-hybridized carbons (Fsp3) is 0.111. The van der Waals surface area contributed by atoms with Crippen LogP contribution in [0, 0.1) is 10.1 Å². The second-order valence-electron chi connectivity index (χ2n) is 2.71. The van der Waals surface area contributed by atoms with E-state index in [9.17, 15) is 10.1 Å². The van der Waals surface area contributed by atoms with Crippen LogP contribution < -0.4 is 0 Å². The van der Waals surface area contributed by atoms with Crippen molar-refractivity contribution in [1.29, 1.82) is 0 Å². The number of nitro benzene ring substituents is 1. The van der Waals surface area contributed by atoms with E-state index in [1.165, 1.54) is 6.07 Å². The van der Waals surface area contributed by atoms with Crippen LogP contribution in [0.4, 0.5) is 5.69 Å². The Balaban J connectivity index is 3.35. The highest BCUT2D eigenvalue weighted by molar-refractivity contribution is 7.80. The van der Waals surface area contributed by atoms with Crippen LogP contribution in [-0.2, 0) is 0 Å². The second-order valence-corrected chi connectivity index (χ2v) is 3.16. The number of benzene rings is 1. The first-order valence-electron chi connectivity index (χ1n) is 3.66. The Morgan fingerprint density at radius 2 is 2.23 bits per heavy atom. The lowest BCUT2D eigenvalue weighted by atomic mass is 10.1. The van der Waals surface area contributed by atoms with Gasteiger partial charge in [0.05, 0.1) is 9.82 Å². The van der Waals surface area contributed by atoms with Gasteiger partial charge in [-0.05, 0) is 18.1 Å². The Morgan fingerprint density at radius 1 is 1.62 bits per heavy atom. The van der Waals surface area contributed by atoms with Crippen molar-refractivity contribution in [1.82, 2.24) is 0 Å². The van der Waals surface area contributed by atoms with Crippen molar-refractivity contribution >= 4 is 23.9 Å². The summed E-state index contributed by atoms with van der Waals surface area (Å²) in [5, 5.41) is 10.5. The Morgan fingerprint density at radius 3 is 2.69 bits per heavy atom. The molecule has 0 bridgehead atoms. The molecule has 1 aromatic carbocycles. The summed E-state index contributed by atoms with van der Waals surface area (Å²) in [5.41, 5.74) is 1.51. The molecule has 13 heavy (non-hydrogen) atoms. The molecule has 1 rings (SSSR count). The molecule has 0 saturated carbocycles. The van der Waals surface area contributed by atoms with Gasteiger partial charge in [-0.25, -0.2) is 0 Å². The minimum Gasteiger partial charge on any atom is -0.258 e. The number of hydrogen-bond donors (Lipinski definition) is 1. The number of allylic oxidation sites excluding steroid dienone is 1. The monoisotopic (exact) mass is 195 g/mol. The van der Waals surface area contributed by atoms with Gasteiger partial charge in [0.15, 0.2) is 0 Å². The van der Waals surface area contributed by atoms with Gasteiger partial charge < -0.3 is 0 Å². The zero-order valence-electron chi connectivity index (χ0n) is 7.15. The smallest absolute Gasteiger partial charge is 0.258 e. The van der Waals surface area contributed by atoms with Gasteiger partial charge in [0.2, 0.25) is 0 Å². The molecule has 0 fully saturated rings. The fourth-order valence-corrected chi connectivity index (χ4v) is 1.44. The minimum absolute atomic E-state index is 0.0174. The molecule has 0 spiro atoms. The number of rotatable bonds is 2. The first-order valence-corrected chi connectivity index (χ1v) is 4.11. The summed E-state index contributed by atoms with van der Waals surface area (Å²) in [4.78, 5) is 10.4. The van der Waals surface area contributed by atoms with E-state index < -0.39 is 4.92 Å². The van der Waals surface area contributed by atoms with Gasteiger partial charge >= 0.3 is 0 Å². The van der Waals surface area contributed by atoms with Gasteiger partial charge in [-0.2, -0.15) is 0 Å². The van der Waals surface area contributed by atoms with E-state index >= 15 is 0 Å². The molecule has 0 N–H and O–H groups in total. The van der Waals surface area contributed by atoms with Crippen LogP contribution in [0.15, 0.2) is 29.7 Å². The van der Waals surface area contributed by atoms with E-state index in [-0.39, 0.29) is 5.69 Å². The van der Waals surface area contributed by atoms with Crippen molar-refractivity contribution in [2.24, 2.45) is 0 Å². The quantitative estimate of drug-likeness (QED) is 0.448. The van der Waals surface area contributed by atoms with Crippen LogP contribution in [0.2, 0.25) is 0 Å². The van der Waals surface area contributed by atoms with Crippen molar-refractivity contribution in [2.75, 3.05) is 0 Å². The Labute approximate surface area is 81.6 Å². The van der Waals surface area contributed by atoms with Gasteiger partial charge in [-0.1, -0.05) is 18.7 Å². The van der Waals surface area contributed by atoms with E-state index in [0.717, 1.165) is 11.1 Å². The van der Waals surface area contributed by atoms with Gasteiger partial charge in [0.1, 0.15) is 0 Å². The maximum absolute atomic E-state index is 10.5. The highest BCUT2D eigenvalue weighted by atomic mass is 32.1. The lowest BCUT2D eigenvalue weighted by Gasteiger charge is -2.03. The molecule has 1 aromatic rings. The van der Waals surface area contributed by atoms with Crippen LogP contribution in [0.5, 0.6) is 0 Å². The first-order chi connectivity index (χ1) is 6.04. The van der Waals surface area contributed by atoms with Gasteiger partial charge in [-0.3, -0.25) is 10.1 Å². The molecule has 0 aliphatic rings. The average Bonchev–Trinajstić information content (AvgIpc) is 2.03. The zero-order valence-corrected chi connectivity index (χ0v) is 8.04. The van der Waals surface area contributed by atoms with E-state index in [0.29, 0.717) is 4.90 Å². The third-order valence-corrected chi connectivity index (χ3v) is 2.14. The molecule has 68 valence electrons. The molecular weight excluding hydrogens is 186 g/mol. The highest BCUT2D eigenvalue weighted by Crippen LogP contribution is 2.29. The Hall–Kier alpha value is -1.29. The predicted octanol–water partition coefficient (Wildman–Crippen LogP) is 2.92. The molecule has 0 aliphatic heterocycles. The standard InChI is InChI=1S/C9H9NO2S/c1-6(2)7-4-3-5-8(9(7)13)10(11)12/h3-5,13H,1H2,2H3. The summed E-state index contributed by atoms with van der Waals surface area (Å²) in [6.45, 7) is 5.51. The topological polar surface area (TPSA) is 43.1 Å². The normalized spacial score (nSPS) is 9.69. The molecule has 3 nitrogen and oxygen atoms in total. The van der Waals surface area contributed by atoms with Crippen molar-refractivity contribution in [3.05, 3.63) is 40.5 Å². The highest BCUT2D eigenvalue weighted by Gasteiger charge is 2.13. The van der Waals surface area contributed by atoms with Gasteiger partial charge in [0, 0.05) is 6.07 Å². The zero-order chi connectivity index (χ0) is 10.0. The summed E-state index contributed by atoms with van der Waals surface area (Å²) in [7, 11) is 0. The largest absolute Gasteiger partial charge is 0.283 e. The van der Waals surface area contributed by atoms with Crippen LogP contribution >= 0.6 is 12.6 Å². The van der Waals surface area contributed by atoms with Crippen LogP contribution in [-0.4, -0.2) is 4.92 Å². The molecule has 0 amide bonds. The summed E-state index contributed by atoms with van der Waals surface area (Å²) < 4.78 is 0. The number of thiol groups is 1. The van der Waals surface area contributed by atoms with E-state index in [1.54, 1.807) is 19.1 Å². The third kappa shape index (κ3) is 1.89. The summed E-state index contributed by atoms with van der Waals surface area (Å²) in [5.74, 6) is 0. The number of nitrogens with zero attached hydrogens (tertiary/aromatic N) is 1. The maximum Gasteiger partial charge on any atom is 0.283 e. The molecule has 4 heteroatoms. The molecular formula is C9H9NO2S. The van der Waals surface area contributed by atoms with Crippen LogP contribution in [0.1, 0.15) is 12.5 Å². The molecule has 0 radical (unpaired) electrons. The molecule has 0 atom stereocenters. The van der Waals surface area contributed by atoms with Crippen molar-refractivity contribution in [3.8, 4) is 0 Å². The lowest BCUT2D eigenvalue weighted by molar-refractivity contribution is -0.387. The van der Waals surface area contributed by atoms with Crippen molar-refractivity contribution in [2.45, 2.75) is 11.8 Å². The van der Waals surface area contributed by atoms with Crippen LogP contribution in [0.25, 0.3) is 5.57 Å². The summed E-state index contributed by atoms with van der Waals surface area (Å²) >= 11 is 4.09. The maximum atomic E-state index is 10.5. The number of hydrogen-bond acceptors (Lipinski definition) is 3. The molecule has 0 aliphatic carbocycles. The van der Waals surface area contributed by atoms with E-state index in [2.05, 4.69) is 19.2 Å². The molecule has 0 heterocycles. The van der Waals surface area contributed by atoms with E-state index in [4.69, 9.17) is 0 Å². The second kappa shape index (κ2) is 3.62. The Kier molecular flexibility index (Phi) is 2.72. The van der Waals surface area contributed by atoms with Gasteiger partial charge in [0.25, 0.3) is 5.69 Å². The van der Waals surface area contributed by atoms with Crippen molar-refractivity contribution in [3.63, 3.8) is 0 Å². The fourth-order valence-electron chi connectivity index (χ4n) is 1.02.